The minimum Gasteiger partial charge on any atom is -0.496 e. The second-order valence-corrected chi connectivity index (χ2v) is 8.44. The molecular formula is C24H24ClN5O3. The van der Waals surface area contributed by atoms with E-state index in [4.69, 9.17) is 20.8 Å². The molecule has 1 saturated heterocycles. The first-order valence-electron chi connectivity index (χ1n) is 10.8. The van der Waals surface area contributed by atoms with Crippen LogP contribution in [-0.4, -0.2) is 58.6 Å². The molecule has 1 aliphatic heterocycles. The molecule has 33 heavy (non-hydrogen) atoms. The number of aryl methyl sites for hydroxylation is 1. The van der Waals surface area contributed by atoms with Gasteiger partial charge in [0.15, 0.2) is 11.7 Å². The Kier molecular flexibility index (Phi) is 5.68. The highest BCUT2D eigenvalue weighted by Gasteiger charge is 2.23. The fourth-order valence-electron chi connectivity index (χ4n) is 4.19. The minimum atomic E-state index is 0.0810. The number of ether oxygens (including phenoxy) is 1. The maximum Gasteiger partial charge on any atom is 0.242 e. The zero-order valence-electron chi connectivity index (χ0n) is 18.5. The molecule has 2 aromatic carbocycles. The molecule has 0 saturated carbocycles. The van der Waals surface area contributed by atoms with Crippen molar-refractivity contribution in [3.05, 3.63) is 59.8 Å². The van der Waals surface area contributed by atoms with Crippen LogP contribution in [0.5, 0.6) is 5.75 Å². The van der Waals surface area contributed by atoms with Crippen molar-refractivity contribution in [1.29, 1.82) is 0 Å². The number of fused-ring (bicyclic) bond motifs is 1. The molecular weight excluding hydrogens is 442 g/mol. The van der Waals surface area contributed by atoms with Gasteiger partial charge in [-0.05, 0) is 30.3 Å². The van der Waals surface area contributed by atoms with Crippen molar-refractivity contribution < 1.29 is 13.9 Å². The van der Waals surface area contributed by atoms with Crippen LogP contribution in [0.15, 0.2) is 53.3 Å². The zero-order chi connectivity index (χ0) is 22.9. The normalized spacial score (nSPS) is 14.2. The molecule has 170 valence electrons. The molecule has 0 spiro atoms. The topological polar surface area (TPSA) is 76.6 Å². The number of methoxy groups -OCH3 is 1. The van der Waals surface area contributed by atoms with Crippen LogP contribution in [0.1, 0.15) is 5.89 Å². The number of oxazole rings is 1. The van der Waals surface area contributed by atoms with Crippen LogP contribution in [0.2, 0.25) is 5.02 Å². The summed E-state index contributed by atoms with van der Waals surface area (Å²) in [6, 6.07) is 11.6. The number of nitrogens with zero attached hydrogens (tertiary/aromatic N) is 5. The lowest BCUT2D eigenvalue weighted by Gasteiger charge is -2.36. The Morgan fingerprint density at radius 2 is 1.94 bits per heavy atom. The molecule has 4 aromatic rings. The largest absolute Gasteiger partial charge is 0.496 e. The van der Waals surface area contributed by atoms with Gasteiger partial charge in [0.25, 0.3) is 0 Å². The Bertz CT molecular complexity index is 1310. The molecule has 1 amide bonds. The molecule has 0 unspecified atom stereocenters. The lowest BCUT2D eigenvalue weighted by molar-refractivity contribution is -0.132. The number of carbonyl (C=O) groups excluding carboxylic acids is 1. The standard InChI is InChI=1S/C24H24ClN5O3/c1-16-26-13-23(33-16)19-5-4-18(12-22(19)32-2)28-7-9-29(10-8-28)24(31)14-30-15-27-20-11-17(25)3-6-21(20)30/h3-6,11-13,15H,7-10,14H2,1-2H3. The van der Waals surface area contributed by atoms with Crippen molar-refractivity contribution in [1.82, 2.24) is 19.4 Å². The predicted molar refractivity (Wildman–Crippen MR) is 127 cm³/mol. The van der Waals surface area contributed by atoms with E-state index < -0.39 is 0 Å². The van der Waals surface area contributed by atoms with E-state index in [0.29, 0.717) is 29.8 Å². The smallest absolute Gasteiger partial charge is 0.242 e. The lowest BCUT2D eigenvalue weighted by Crippen LogP contribution is -2.49. The van der Waals surface area contributed by atoms with E-state index in [9.17, 15) is 4.79 Å². The average molecular weight is 466 g/mol. The van der Waals surface area contributed by atoms with E-state index in [1.807, 2.05) is 40.7 Å². The van der Waals surface area contributed by atoms with Gasteiger partial charge >= 0.3 is 0 Å². The fourth-order valence-corrected chi connectivity index (χ4v) is 4.36. The van der Waals surface area contributed by atoms with Gasteiger partial charge in [-0.25, -0.2) is 9.97 Å². The summed E-state index contributed by atoms with van der Waals surface area (Å²) in [6.07, 6.45) is 3.40. The summed E-state index contributed by atoms with van der Waals surface area (Å²) in [5.74, 6) is 2.11. The minimum absolute atomic E-state index is 0.0810. The second-order valence-electron chi connectivity index (χ2n) is 8.00. The third-order valence-electron chi connectivity index (χ3n) is 5.96. The average Bonchev–Trinajstić information content (AvgIpc) is 3.44. The zero-order valence-corrected chi connectivity index (χ0v) is 19.2. The first-order valence-corrected chi connectivity index (χ1v) is 11.1. The van der Waals surface area contributed by atoms with E-state index in [2.05, 4.69) is 20.9 Å². The third-order valence-corrected chi connectivity index (χ3v) is 6.19. The number of hydrogen-bond donors (Lipinski definition) is 0. The Balaban J connectivity index is 1.24. The summed E-state index contributed by atoms with van der Waals surface area (Å²) in [6.45, 7) is 4.88. The summed E-state index contributed by atoms with van der Waals surface area (Å²) in [4.78, 5) is 25.6. The number of rotatable bonds is 5. The summed E-state index contributed by atoms with van der Waals surface area (Å²) >= 11 is 6.03. The van der Waals surface area contributed by atoms with E-state index in [0.717, 1.165) is 41.1 Å². The highest BCUT2D eigenvalue weighted by atomic mass is 35.5. The summed E-state index contributed by atoms with van der Waals surface area (Å²) in [7, 11) is 1.65. The van der Waals surface area contributed by atoms with Gasteiger partial charge in [-0.1, -0.05) is 11.6 Å². The number of carbonyl (C=O) groups is 1. The molecule has 2 aromatic heterocycles. The van der Waals surface area contributed by atoms with Crippen LogP contribution in [0.3, 0.4) is 0 Å². The molecule has 1 aliphatic rings. The monoisotopic (exact) mass is 465 g/mol. The fraction of sp³-hybridized carbons (Fsp3) is 0.292. The predicted octanol–water partition coefficient (Wildman–Crippen LogP) is 4.01. The number of hydrogen-bond acceptors (Lipinski definition) is 6. The molecule has 0 atom stereocenters. The van der Waals surface area contributed by atoms with Crippen LogP contribution in [0, 0.1) is 6.92 Å². The van der Waals surface area contributed by atoms with Crippen LogP contribution < -0.4 is 9.64 Å². The summed E-state index contributed by atoms with van der Waals surface area (Å²) < 4.78 is 13.1. The van der Waals surface area contributed by atoms with Crippen molar-refractivity contribution in [3.8, 4) is 17.1 Å². The Hall–Kier alpha value is -3.52. The molecule has 1 fully saturated rings. The number of amides is 1. The van der Waals surface area contributed by atoms with Crippen LogP contribution in [-0.2, 0) is 11.3 Å². The van der Waals surface area contributed by atoms with Gasteiger partial charge in [0.2, 0.25) is 5.91 Å². The molecule has 9 heteroatoms. The number of anilines is 1. The quantitative estimate of drug-likeness (QED) is 0.443. The van der Waals surface area contributed by atoms with Gasteiger partial charge in [0.05, 0.1) is 36.2 Å². The van der Waals surface area contributed by atoms with Gasteiger partial charge in [0, 0.05) is 49.9 Å². The van der Waals surface area contributed by atoms with Gasteiger partial charge < -0.3 is 23.5 Å². The Morgan fingerprint density at radius 3 is 2.67 bits per heavy atom. The van der Waals surface area contributed by atoms with Crippen LogP contribution >= 0.6 is 11.6 Å². The molecule has 0 radical (unpaired) electrons. The van der Waals surface area contributed by atoms with Gasteiger partial charge in [-0.3, -0.25) is 4.79 Å². The van der Waals surface area contributed by atoms with Crippen LogP contribution in [0.4, 0.5) is 5.69 Å². The maximum atomic E-state index is 12.9. The highest BCUT2D eigenvalue weighted by Crippen LogP contribution is 2.34. The van der Waals surface area contributed by atoms with Crippen molar-refractivity contribution in [2.24, 2.45) is 0 Å². The molecule has 0 aliphatic carbocycles. The van der Waals surface area contributed by atoms with Crippen LogP contribution in [0.25, 0.3) is 22.4 Å². The van der Waals surface area contributed by atoms with Crippen molar-refractivity contribution >= 4 is 34.2 Å². The van der Waals surface area contributed by atoms with Crippen molar-refractivity contribution in [2.75, 3.05) is 38.2 Å². The lowest BCUT2D eigenvalue weighted by atomic mass is 10.1. The number of imidazole rings is 1. The number of benzene rings is 2. The number of aromatic nitrogens is 3. The highest BCUT2D eigenvalue weighted by molar-refractivity contribution is 6.31. The number of halogens is 1. The van der Waals surface area contributed by atoms with E-state index in [-0.39, 0.29) is 12.5 Å². The maximum absolute atomic E-state index is 12.9. The third kappa shape index (κ3) is 4.26. The van der Waals surface area contributed by atoms with Crippen molar-refractivity contribution in [2.45, 2.75) is 13.5 Å². The molecule has 5 rings (SSSR count). The first kappa shape index (κ1) is 21.3. The van der Waals surface area contributed by atoms with Crippen molar-refractivity contribution in [3.63, 3.8) is 0 Å². The van der Waals surface area contributed by atoms with E-state index in [1.165, 1.54) is 0 Å². The Morgan fingerprint density at radius 1 is 1.12 bits per heavy atom. The molecule has 3 heterocycles. The molecule has 0 N–H and O–H groups in total. The van der Waals surface area contributed by atoms with Gasteiger partial charge in [-0.2, -0.15) is 0 Å². The van der Waals surface area contributed by atoms with E-state index in [1.54, 1.807) is 25.7 Å². The SMILES string of the molecule is COc1cc(N2CCN(C(=O)Cn3cnc4cc(Cl)ccc43)CC2)ccc1-c1cnc(C)o1. The second kappa shape index (κ2) is 8.78. The Labute approximate surface area is 196 Å². The summed E-state index contributed by atoms with van der Waals surface area (Å²) in [5, 5.41) is 0.635. The molecule has 8 nitrogen and oxygen atoms in total. The first-order chi connectivity index (χ1) is 16.0. The summed E-state index contributed by atoms with van der Waals surface area (Å²) in [5.41, 5.74) is 3.61. The van der Waals surface area contributed by atoms with Gasteiger partial charge in [-0.15, -0.1) is 0 Å². The van der Waals surface area contributed by atoms with Gasteiger partial charge in [0.1, 0.15) is 12.3 Å². The molecule has 0 bridgehead atoms. The number of piperazine rings is 1. The van der Waals surface area contributed by atoms with E-state index >= 15 is 0 Å².